The second-order valence-corrected chi connectivity index (χ2v) is 13.9. The Kier molecular flexibility index (Phi) is 10.8. The molecule has 5 atom stereocenters. The van der Waals surface area contributed by atoms with Gasteiger partial charge in [-0.3, -0.25) is 4.57 Å². The molecule has 5 heterocycles. The van der Waals surface area contributed by atoms with E-state index in [1.54, 1.807) is 30.2 Å². The summed E-state index contributed by atoms with van der Waals surface area (Å²) in [5, 5.41) is 2.51. The molecule has 3 aliphatic rings. The Morgan fingerprint density at radius 1 is 1.07 bits per heavy atom. The molecule has 5 rings (SSSR count). The maximum Gasteiger partial charge on any atom is 0.410 e. The fourth-order valence-electron chi connectivity index (χ4n) is 6.22. The summed E-state index contributed by atoms with van der Waals surface area (Å²) in [4.78, 5) is 56.4. The van der Waals surface area contributed by atoms with Gasteiger partial charge in [-0.15, -0.1) is 0 Å². The molecule has 3 saturated heterocycles. The minimum Gasteiger partial charge on any atom is -0.452 e. The monoisotopic (exact) mass is 662 g/mol. The lowest BCUT2D eigenvalue weighted by atomic mass is 10.0. The summed E-state index contributed by atoms with van der Waals surface area (Å²) < 4.78 is 25.5. The van der Waals surface area contributed by atoms with Gasteiger partial charge in [-0.05, 0) is 72.7 Å². The average Bonchev–Trinajstić information content (AvgIpc) is 3.59. The smallest absolute Gasteiger partial charge is 0.410 e. The number of aromatic nitrogens is 4. The molecule has 0 spiro atoms. The first-order valence-electron chi connectivity index (χ1n) is 15.9. The van der Waals surface area contributed by atoms with Crippen molar-refractivity contribution in [2.75, 3.05) is 43.9 Å². The van der Waals surface area contributed by atoms with Gasteiger partial charge in [0.2, 0.25) is 0 Å². The Hall–Kier alpha value is -3.37. The van der Waals surface area contributed by atoms with E-state index in [1.807, 2.05) is 6.26 Å². The highest BCUT2D eigenvalue weighted by atomic mass is 32.2. The number of amides is 2. The van der Waals surface area contributed by atoms with Crippen LogP contribution in [0.25, 0.3) is 11.2 Å². The second-order valence-electron chi connectivity index (χ2n) is 13.0. The van der Waals surface area contributed by atoms with Crippen molar-refractivity contribution in [3.05, 3.63) is 12.7 Å². The Labute approximate surface area is 273 Å². The first kappa shape index (κ1) is 34.0. The topological polar surface area (TPSA) is 176 Å². The standard InChI is InChI=1S/C30H46N8O7S/c1-18(35-28(40)45-30(2,3)4)27(39)43-23-22(44-29(41)37-13-9-19(10-14-37)36-11-7-6-8-12-36)20(15-46-5)42-26(23)38-17-34-21-24(31)32-16-33-25(21)38/h16-20,22-23,26H,6-15H2,1-5H3,(H,35,40)(H2,31,32,33)/t18-,20+,22+,23+,26+/m0/s1. The van der Waals surface area contributed by atoms with Crippen molar-refractivity contribution >= 4 is 46.9 Å². The van der Waals surface area contributed by atoms with Crippen LogP contribution in [0.15, 0.2) is 12.7 Å². The lowest BCUT2D eigenvalue weighted by molar-refractivity contribution is -0.160. The van der Waals surface area contributed by atoms with Crippen molar-refractivity contribution in [2.24, 2.45) is 0 Å². The maximum absolute atomic E-state index is 13.6. The number of fused-ring (bicyclic) bond motifs is 1. The molecule has 254 valence electrons. The number of nitrogens with two attached hydrogens (primary N) is 1. The van der Waals surface area contributed by atoms with Crippen molar-refractivity contribution in [1.82, 2.24) is 34.6 Å². The molecular formula is C30H46N8O7S. The zero-order valence-corrected chi connectivity index (χ0v) is 28.0. The molecule has 16 heteroatoms. The van der Waals surface area contributed by atoms with Crippen LogP contribution in [0, 0.1) is 0 Å². The van der Waals surface area contributed by atoms with E-state index in [2.05, 4.69) is 25.2 Å². The van der Waals surface area contributed by atoms with Crippen LogP contribution in [-0.4, -0.2) is 122 Å². The number of hydrogen-bond donors (Lipinski definition) is 2. The number of esters is 1. The molecular weight excluding hydrogens is 616 g/mol. The van der Waals surface area contributed by atoms with Crippen LogP contribution in [-0.2, 0) is 23.7 Å². The molecule has 3 N–H and O–H groups in total. The molecule has 0 aliphatic carbocycles. The number of thioether (sulfide) groups is 1. The third-order valence-corrected chi connectivity index (χ3v) is 9.15. The van der Waals surface area contributed by atoms with Gasteiger partial charge in [0.05, 0.1) is 6.33 Å². The lowest BCUT2D eigenvalue weighted by Crippen LogP contribution is -2.50. The van der Waals surface area contributed by atoms with Crippen molar-refractivity contribution in [2.45, 2.75) is 102 Å². The van der Waals surface area contributed by atoms with Crippen LogP contribution >= 0.6 is 11.8 Å². The van der Waals surface area contributed by atoms with Crippen LogP contribution in [0.5, 0.6) is 0 Å². The number of likely N-dealkylation sites (tertiary alicyclic amines) is 2. The number of alkyl carbamates (subject to hydrolysis) is 1. The van der Waals surface area contributed by atoms with Crippen LogP contribution in [0.4, 0.5) is 15.4 Å². The van der Waals surface area contributed by atoms with Gasteiger partial charge in [0.15, 0.2) is 29.9 Å². The number of anilines is 1. The minimum absolute atomic E-state index is 0.182. The van der Waals surface area contributed by atoms with E-state index in [0.717, 1.165) is 25.9 Å². The molecule has 0 aromatic carbocycles. The number of hydrogen-bond acceptors (Lipinski definition) is 13. The minimum atomic E-state index is -1.10. The highest BCUT2D eigenvalue weighted by Crippen LogP contribution is 2.37. The van der Waals surface area contributed by atoms with E-state index in [-0.39, 0.29) is 5.82 Å². The van der Waals surface area contributed by atoms with Gasteiger partial charge < -0.3 is 39.8 Å². The van der Waals surface area contributed by atoms with E-state index in [1.165, 1.54) is 50.6 Å². The molecule has 0 bridgehead atoms. The highest BCUT2D eigenvalue weighted by molar-refractivity contribution is 7.98. The van der Waals surface area contributed by atoms with Gasteiger partial charge in [-0.25, -0.2) is 29.3 Å². The van der Waals surface area contributed by atoms with E-state index >= 15 is 0 Å². The highest BCUT2D eigenvalue weighted by Gasteiger charge is 2.51. The molecule has 3 aliphatic heterocycles. The van der Waals surface area contributed by atoms with Gasteiger partial charge >= 0.3 is 18.2 Å². The summed E-state index contributed by atoms with van der Waals surface area (Å²) >= 11 is 1.51. The molecule has 2 aromatic rings. The van der Waals surface area contributed by atoms with Crippen molar-refractivity contribution in [3.8, 4) is 0 Å². The van der Waals surface area contributed by atoms with Gasteiger partial charge in [-0.2, -0.15) is 11.8 Å². The number of nitrogen functional groups attached to an aromatic ring is 1. The Bertz CT molecular complexity index is 1370. The predicted octanol–water partition coefficient (Wildman–Crippen LogP) is 2.95. The number of piperidine rings is 2. The fourth-order valence-corrected chi connectivity index (χ4v) is 6.82. The summed E-state index contributed by atoms with van der Waals surface area (Å²) in [7, 11) is 0. The van der Waals surface area contributed by atoms with Crippen LogP contribution in [0.2, 0.25) is 0 Å². The van der Waals surface area contributed by atoms with E-state index < -0.39 is 54.3 Å². The number of nitrogens with zero attached hydrogens (tertiary/aromatic N) is 6. The number of rotatable bonds is 8. The van der Waals surface area contributed by atoms with E-state index in [0.29, 0.717) is 36.0 Å². The Morgan fingerprint density at radius 3 is 2.46 bits per heavy atom. The van der Waals surface area contributed by atoms with Crippen molar-refractivity contribution in [3.63, 3.8) is 0 Å². The summed E-state index contributed by atoms with van der Waals surface area (Å²) in [5.74, 6) is -0.118. The van der Waals surface area contributed by atoms with E-state index in [4.69, 9.17) is 24.7 Å². The predicted molar refractivity (Wildman–Crippen MR) is 171 cm³/mol. The zero-order valence-electron chi connectivity index (χ0n) is 27.2. The van der Waals surface area contributed by atoms with Gasteiger partial charge in [0, 0.05) is 24.9 Å². The number of nitrogens with one attached hydrogen (secondary N) is 1. The molecule has 46 heavy (non-hydrogen) atoms. The molecule has 0 saturated carbocycles. The van der Waals surface area contributed by atoms with Crippen molar-refractivity contribution < 1.29 is 33.3 Å². The second kappa shape index (κ2) is 14.6. The largest absolute Gasteiger partial charge is 0.452 e. The summed E-state index contributed by atoms with van der Waals surface area (Å²) in [6, 6.07) is -0.609. The summed E-state index contributed by atoms with van der Waals surface area (Å²) in [5.41, 5.74) is 6.01. The third-order valence-electron chi connectivity index (χ3n) is 8.48. The van der Waals surface area contributed by atoms with Crippen LogP contribution in [0.3, 0.4) is 0 Å². The SMILES string of the molecule is CSC[C@H]1O[C@@H](n2cnc3c(N)ncnc32)[C@H](OC(=O)[C@H](C)NC(=O)OC(C)(C)C)[C@@H]1OC(=O)N1CCC(N2CCCCC2)CC1. The molecule has 2 amide bonds. The number of carbonyl (C=O) groups excluding carboxylic acids is 3. The lowest BCUT2D eigenvalue weighted by Gasteiger charge is -2.40. The molecule has 0 radical (unpaired) electrons. The molecule has 0 unspecified atom stereocenters. The molecule has 15 nitrogen and oxygen atoms in total. The zero-order chi connectivity index (χ0) is 33.0. The maximum atomic E-state index is 13.6. The average molecular weight is 663 g/mol. The molecule has 2 aromatic heterocycles. The van der Waals surface area contributed by atoms with E-state index in [9.17, 15) is 14.4 Å². The van der Waals surface area contributed by atoms with Gasteiger partial charge in [0.1, 0.15) is 29.6 Å². The van der Waals surface area contributed by atoms with Crippen LogP contribution < -0.4 is 11.1 Å². The first-order valence-corrected chi connectivity index (χ1v) is 17.3. The Balaban J connectivity index is 1.36. The Morgan fingerprint density at radius 2 is 1.78 bits per heavy atom. The summed E-state index contributed by atoms with van der Waals surface area (Å²) in [6.07, 6.45) is 5.28. The molecule has 3 fully saturated rings. The van der Waals surface area contributed by atoms with Gasteiger partial charge in [0.25, 0.3) is 0 Å². The normalized spacial score (nSPS) is 25.3. The van der Waals surface area contributed by atoms with Crippen LogP contribution in [0.1, 0.15) is 66.0 Å². The fraction of sp³-hybridized carbons (Fsp3) is 0.733. The summed E-state index contributed by atoms with van der Waals surface area (Å²) in [6.45, 7) is 10.0. The van der Waals surface area contributed by atoms with Gasteiger partial charge in [-0.1, -0.05) is 6.42 Å². The third kappa shape index (κ3) is 7.94. The number of ether oxygens (including phenoxy) is 4. The van der Waals surface area contributed by atoms with Crippen molar-refractivity contribution in [1.29, 1.82) is 0 Å². The number of imidazole rings is 1. The number of carbonyl (C=O) groups is 3. The first-order chi connectivity index (χ1) is 21.9. The quantitative estimate of drug-likeness (QED) is 0.312.